The quantitative estimate of drug-likeness (QED) is 0.583. The van der Waals surface area contributed by atoms with Crippen LogP contribution in [-0.2, 0) is 4.74 Å². The van der Waals surface area contributed by atoms with Gasteiger partial charge in [0.15, 0.2) is 0 Å². The highest BCUT2D eigenvalue weighted by Crippen LogP contribution is 2.28. The van der Waals surface area contributed by atoms with Crippen molar-refractivity contribution in [3.8, 4) is 0 Å². The van der Waals surface area contributed by atoms with E-state index in [0.717, 1.165) is 18.8 Å². The molecule has 90 valence electrons. The number of ether oxygens (including phenoxy) is 1. The van der Waals surface area contributed by atoms with E-state index < -0.39 is 0 Å². The van der Waals surface area contributed by atoms with Crippen LogP contribution in [0.3, 0.4) is 0 Å². The van der Waals surface area contributed by atoms with Crippen LogP contribution in [0.1, 0.15) is 24.9 Å². The minimum atomic E-state index is 0.450. The van der Waals surface area contributed by atoms with Crippen molar-refractivity contribution >= 4 is 11.8 Å². The largest absolute Gasteiger partial charge is 0.384 e. The van der Waals surface area contributed by atoms with Gasteiger partial charge in [-0.15, -0.1) is 11.8 Å². The maximum Gasteiger partial charge on any atom is 0.0556 e. The number of rotatable bonds is 7. The smallest absolute Gasteiger partial charge is 0.0556 e. The highest BCUT2D eigenvalue weighted by atomic mass is 32.2. The van der Waals surface area contributed by atoms with Crippen LogP contribution in [0, 0.1) is 0 Å². The summed E-state index contributed by atoms with van der Waals surface area (Å²) in [5, 5.41) is 3.35. The number of thioether (sulfide) groups is 1. The molecule has 0 fully saturated rings. The van der Waals surface area contributed by atoms with Gasteiger partial charge in [0.2, 0.25) is 0 Å². The number of methoxy groups -OCH3 is 1. The van der Waals surface area contributed by atoms with Crippen LogP contribution >= 0.6 is 11.8 Å². The van der Waals surface area contributed by atoms with Crippen LogP contribution < -0.4 is 5.32 Å². The topological polar surface area (TPSA) is 21.3 Å². The lowest BCUT2D eigenvalue weighted by Gasteiger charge is -2.18. The highest BCUT2D eigenvalue weighted by molar-refractivity contribution is 7.99. The van der Waals surface area contributed by atoms with E-state index in [4.69, 9.17) is 4.74 Å². The van der Waals surface area contributed by atoms with Crippen LogP contribution in [0.15, 0.2) is 29.2 Å². The van der Waals surface area contributed by atoms with E-state index >= 15 is 0 Å². The summed E-state index contributed by atoms with van der Waals surface area (Å²) in [6.45, 7) is 3.01. The summed E-state index contributed by atoms with van der Waals surface area (Å²) in [6, 6.07) is 9.05. The molecular weight excluding hydrogens is 218 g/mol. The zero-order chi connectivity index (χ0) is 11.8. The minimum absolute atomic E-state index is 0.450. The fraction of sp³-hybridized carbons (Fsp3) is 0.538. The van der Waals surface area contributed by atoms with Gasteiger partial charge in [0, 0.05) is 23.8 Å². The molecular formula is C13H21NOS. The van der Waals surface area contributed by atoms with E-state index in [-0.39, 0.29) is 0 Å². The van der Waals surface area contributed by atoms with Gasteiger partial charge in [-0.05, 0) is 25.1 Å². The Kier molecular flexibility index (Phi) is 6.53. The van der Waals surface area contributed by atoms with Crippen molar-refractivity contribution in [2.75, 3.05) is 26.5 Å². The lowest BCUT2D eigenvalue weighted by Crippen LogP contribution is -2.16. The molecule has 0 aromatic heterocycles. The average molecular weight is 239 g/mol. The first-order valence-corrected chi connectivity index (χ1v) is 6.70. The van der Waals surface area contributed by atoms with E-state index in [9.17, 15) is 0 Å². The fourth-order valence-electron chi connectivity index (χ4n) is 1.71. The molecule has 0 amide bonds. The summed E-state index contributed by atoms with van der Waals surface area (Å²) in [5.74, 6) is 1.01. The molecule has 1 N–H and O–H groups in total. The summed E-state index contributed by atoms with van der Waals surface area (Å²) < 4.78 is 5.08. The predicted octanol–water partition coefficient (Wildman–Crippen LogP) is 3.10. The first-order chi connectivity index (χ1) is 7.83. The Balaban J connectivity index is 2.74. The molecule has 1 rings (SSSR count). The monoisotopic (exact) mass is 239 g/mol. The van der Waals surface area contributed by atoms with Gasteiger partial charge in [-0.3, -0.25) is 0 Å². The van der Waals surface area contributed by atoms with Crippen molar-refractivity contribution in [3.63, 3.8) is 0 Å². The maximum absolute atomic E-state index is 5.08. The average Bonchev–Trinajstić information content (AvgIpc) is 2.33. The molecule has 0 bridgehead atoms. The Morgan fingerprint density at radius 1 is 1.38 bits per heavy atom. The van der Waals surface area contributed by atoms with Gasteiger partial charge < -0.3 is 10.1 Å². The van der Waals surface area contributed by atoms with Gasteiger partial charge in [0.25, 0.3) is 0 Å². The molecule has 0 saturated heterocycles. The number of benzene rings is 1. The van der Waals surface area contributed by atoms with Gasteiger partial charge in [-0.1, -0.05) is 25.1 Å². The number of hydrogen-bond donors (Lipinski definition) is 1. The van der Waals surface area contributed by atoms with Crippen molar-refractivity contribution < 1.29 is 4.74 Å². The third-order valence-corrected chi connectivity index (χ3v) is 3.65. The molecule has 0 heterocycles. The summed E-state index contributed by atoms with van der Waals surface area (Å²) in [5.41, 5.74) is 1.40. The third-order valence-electron chi connectivity index (χ3n) is 2.60. The van der Waals surface area contributed by atoms with Gasteiger partial charge >= 0.3 is 0 Å². The molecule has 0 aliphatic rings. The number of nitrogens with one attached hydrogen (secondary N) is 1. The first kappa shape index (κ1) is 13.6. The van der Waals surface area contributed by atoms with Crippen LogP contribution in [-0.4, -0.2) is 26.5 Å². The van der Waals surface area contributed by atoms with Crippen molar-refractivity contribution in [3.05, 3.63) is 29.8 Å². The van der Waals surface area contributed by atoms with E-state index in [1.54, 1.807) is 7.11 Å². The molecule has 1 aromatic rings. The molecule has 1 aromatic carbocycles. The fourth-order valence-corrected chi connectivity index (χ4v) is 2.74. The van der Waals surface area contributed by atoms with Gasteiger partial charge in [0.05, 0.1) is 6.61 Å². The molecule has 0 spiro atoms. The third kappa shape index (κ3) is 3.81. The summed E-state index contributed by atoms with van der Waals surface area (Å²) in [7, 11) is 3.76. The molecule has 2 nitrogen and oxygen atoms in total. The Morgan fingerprint density at radius 3 is 2.75 bits per heavy atom. The standard InChI is InChI=1S/C13H21NOS/c1-4-12(14-2)11-7-5-6-8-13(11)16-10-9-15-3/h5-8,12,14H,4,9-10H2,1-3H3. The van der Waals surface area contributed by atoms with E-state index in [2.05, 4.69) is 36.5 Å². The van der Waals surface area contributed by atoms with E-state index in [1.807, 2.05) is 18.8 Å². The summed E-state index contributed by atoms with van der Waals surface area (Å²) >= 11 is 1.87. The predicted molar refractivity (Wildman–Crippen MR) is 71.1 cm³/mol. The van der Waals surface area contributed by atoms with Crippen molar-refractivity contribution in [1.82, 2.24) is 5.32 Å². The highest BCUT2D eigenvalue weighted by Gasteiger charge is 2.10. The molecule has 1 unspecified atom stereocenters. The molecule has 0 aliphatic carbocycles. The second kappa shape index (κ2) is 7.71. The molecule has 3 heteroatoms. The first-order valence-electron chi connectivity index (χ1n) is 5.71. The molecule has 0 saturated carbocycles. The molecule has 0 radical (unpaired) electrons. The second-order valence-corrected chi connectivity index (χ2v) is 4.77. The van der Waals surface area contributed by atoms with Crippen LogP contribution in [0.25, 0.3) is 0 Å². The SMILES string of the molecule is CCC(NC)c1ccccc1SCCOC. The summed E-state index contributed by atoms with van der Waals surface area (Å²) in [6.07, 6.45) is 1.11. The normalized spacial score (nSPS) is 12.7. The number of hydrogen-bond acceptors (Lipinski definition) is 3. The Morgan fingerprint density at radius 2 is 2.12 bits per heavy atom. The Bertz CT molecular complexity index is 300. The Labute approximate surface area is 103 Å². The van der Waals surface area contributed by atoms with E-state index in [1.165, 1.54) is 10.5 Å². The lowest BCUT2D eigenvalue weighted by molar-refractivity contribution is 0.218. The van der Waals surface area contributed by atoms with Gasteiger partial charge in [-0.2, -0.15) is 0 Å². The van der Waals surface area contributed by atoms with Crippen molar-refractivity contribution in [2.45, 2.75) is 24.3 Å². The van der Waals surface area contributed by atoms with Crippen LogP contribution in [0.4, 0.5) is 0 Å². The minimum Gasteiger partial charge on any atom is -0.384 e. The van der Waals surface area contributed by atoms with Crippen LogP contribution in [0.2, 0.25) is 0 Å². The van der Waals surface area contributed by atoms with Gasteiger partial charge in [0.1, 0.15) is 0 Å². The van der Waals surface area contributed by atoms with Gasteiger partial charge in [-0.25, -0.2) is 0 Å². The maximum atomic E-state index is 5.08. The molecule has 0 aliphatic heterocycles. The summed E-state index contributed by atoms with van der Waals surface area (Å²) in [4.78, 5) is 1.36. The van der Waals surface area contributed by atoms with E-state index in [0.29, 0.717) is 6.04 Å². The second-order valence-electron chi connectivity index (χ2n) is 3.63. The Hall–Kier alpha value is -0.510. The zero-order valence-corrected chi connectivity index (χ0v) is 11.1. The lowest BCUT2D eigenvalue weighted by atomic mass is 10.1. The molecule has 1 atom stereocenters. The van der Waals surface area contributed by atoms with Crippen LogP contribution in [0.5, 0.6) is 0 Å². The van der Waals surface area contributed by atoms with Crippen molar-refractivity contribution in [1.29, 1.82) is 0 Å². The van der Waals surface area contributed by atoms with Crippen molar-refractivity contribution in [2.24, 2.45) is 0 Å². The zero-order valence-electron chi connectivity index (χ0n) is 10.3. The molecule has 16 heavy (non-hydrogen) atoms.